The maximum absolute atomic E-state index is 12.1. The van der Waals surface area contributed by atoms with E-state index in [4.69, 9.17) is 14.3 Å². The minimum atomic E-state index is -3.81. The van der Waals surface area contributed by atoms with Crippen LogP contribution in [0.1, 0.15) is 20.8 Å². The van der Waals surface area contributed by atoms with Crippen molar-refractivity contribution < 1.29 is 22.7 Å². The van der Waals surface area contributed by atoms with Crippen LogP contribution in [0.5, 0.6) is 11.5 Å². The van der Waals surface area contributed by atoms with Crippen LogP contribution in [0.4, 0.5) is 0 Å². The standard InChI is InChI=1S/C12H19NO5S/c1-12(2,3)18-13-19(14,15)11-7-6-9(16-4)8-10(11)17-5/h6-8,13H,1-5H3. The summed E-state index contributed by atoms with van der Waals surface area (Å²) in [6, 6.07) is 4.42. The summed E-state index contributed by atoms with van der Waals surface area (Å²) in [4.78, 5) is 7.14. The fraction of sp³-hybridized carbons (Fsp3) is 0.500. The number of ether oxygens (including phenoxy) is 2. The second kappa shape index (κ2) is 5.77. The summed E-state index contributed by atoms with van der Waals surface area (Å²) in [5.41, 5.74) is -0.632. The zero-order chi connectivity index (χ0) is 14.7. The molecule has 7 heteroatoms. The van der Waals surface area contributed by atoms with Crippen molar-refractivity contribution in [2.45, 2.75) is 31.3 Å². The molecule has 0 bridgehead atoms. The summed E-state index contributed by atoms with van der Waals surface area (Å²) in [6.45, 7) is 5.21. The van der Waals surface area contributed by atoms with Crippen LogP contribution < -0.4 is 14.4 Å². The number of sulfonamides is 1. The molecule has 19 heavy (non-hydrogen) atoms. The average Bonchev–Trinajstić information content (AvgIpc) is 2.35. The Morgan fingerprint density at radius 2 is 1.74 bits per heavy atom. The van der Waals surface area contributed by atoms with Crippen LogP contribution in [-0.4, -0.2) is 28.2 Å². The molecule has 0 spiro atoms. The van der Waals surface area contributed by atoms with Gasteiger partial charge < -0.3 is 9.47 Å². The molecule has 0 aromatic heterocycles. The van der Waals surface area contributed by atoms with Gasteiger partial charge in [-0.05, 0) is 32.9 Å². The number of hydrogen-bond acceptors (Lipinski definition) is 5. The maximum Gasteiger partial charge on any atom is 0.266 e. The van der Waals surface area contributed by atoms with Gasteiger partial charge in [0.05, 0.1) is 19.8 Å². The van der Waals surface area contributed by atoms with Crippen LogP contribution in [0.3, 0.4) is 0 Å². The zero-order valence-corrected chi connectivity index (χ0v) is 12.5. The Kier molecular flexibility index (Phi) is 4.78. The molecule has 6 nitrogen and oxygen atoms in total. The third-order valence-electron chi connectivity index (χ3n) is 2.12. The molecule has 1 rings (SSSR count). The second-order valence-corrected chi connectivity index (χ2v) is 6.43. The first-order chi connectivity index (χ1) is 8.69. The molecule has 0 atom stereocenters. The molecule has 0 aliphatic carbocycles. The van der Waals surface area contributed by atoms with Gasteiger partial charge in [-0.2, -0.15) is 0 Å². The van der Waals surface area contributed by atoms with Crippen LogP contribution in [-0.2, 0) is 14.9 Å². The monoisotopic (exact) mass is 289 g/mol. The van der Waals surface area contributed by atoms with E-state index in [2.05, 4.69) is 4.89 Å². The second-order valence-electron chi connectivity index (χ2n) is 4.82. The third-order valence-corrected chi connectivity index (χ3v) is 3.34. The molecule has 0 saturated carbocycles. The summed E-state index contributed by atoms with van der Waals surface area (Å²) >= 11 is 0. The first-order valence-electron chi connectivity index (χ1n) is 5.61. The summed E-state index contributed by atoms with van der Waals surface area (Å²) in [5, 5.41) is 0. The van der Waals surface area contributed by atoms with Gasteiger partial charge in [0.1, 0.15) is 16.4 Å². The van der Waals surface area contributed by atoms with Crippen molar-refractivity contribution in [3.05, 3.63) is 18.2 Å². The van der Waals surface area contributed by atoms with Gasteiger partial charge in [0.25, 0.3) is 10.0 Å². The highest BCUT2D eigenvalue weighted by molar-refractivity contribution is 7.89. The lowest BCUT2D eigenvalue weighted by atomic mass is 10.2. The van der Waals surface area contributed by atoms with Gasteiger partial charge >= 0.3 is 0 Å². The lowest BCUT2D eigenvalue weighted by Crippen LogP contribution is -2.33. The van der Waals surface area contributed by atoms with Gasteiger partial charge in [-0.15, -0.1) is 0 Å². The molecular formula is C12H19NO5S. The number of methoxy groups -OCH3 is 2. The molecule has 1 aromatic carbocycles. The largest absolute Gasteiger partial charge is 0.497 e. The van der Waals surface area contributed by atoms with Crippen LogP contribution in [0, 0.1) is 0 Å². The summed E-state index contributed by atoms with van der Waals surface area (Å²) in [6.07, 6.45) is 0. The van der Waals surface area contributed by atoms with Crippen LogP contribution in [0.15, 0.2) is 23.1 Å². The van der Waals surface area contributed by atoms with E-state index in [1.165, 1.54) is 32.4 Å². The minimum absolute atomic E-state index is 0.0138. The number of nitrogens with one attached hydrogen (secondary N) is 1. The minimum Gasteiger partial charge on any atom is -0.497 e. The van der Waals surface area contributed by atoms with Crippen LogP contribution in [0.25, 0.3) is 0 Å². The Balaban J connectivity index is 3.07. The number of rotatable bonds is 5. The van der Waals surface area contributed by atoms with E-state index in [1.807, 2.05) is 0 Å². The van der Waals surface area contributed by atoms with Gasteiger partial charge in [0.15, 0.2) is 0 Å². The van der Waals surface area contributed by atoms with Crippen molar-refractivity contribution in [1.82, 2.24) is 4.89 Å². The Labute approximate surface area is 113 Å². The number of benzene rings is 1. The molecule has 0 saturated heterocycles. The molecule has 0 aliphatic rings. The summed E-state index contributed by atoms with van der Waals surface area (Å²) in [5.74, 6) is 0.692. The molecule has 0 radical (unpaired) electrons. The zero-order valence-electron chi connectivity index (χ0n) is 11.7. The predicted molar refractivity (Wildman–Crippen MR) is 70.7 cm³/mol. The highest BCUT2D eigenvalue weighted by Crippen LogP contribution is 2.28. The molecule has 0 fully saturated rings. The fourth-order valence-electron chi connectivity index (χ4n) is 1.22. The van der Waals surface area contributed by atoms with Gasteiger partial charge in [0, 0.05) is 6.07 Å². The van der Waals surface area contributed by atoms with Gasteiger partial charge in [-0.1, -0.05) is 4.89 Å². The van der Waals surface area contributed by atoms with Crippen molar-refractivity contribution in [3.63, 3.8) is 0 Å². The molecule has 0 amide bonds. The van der Waals surface area contributed by atoms with E-state index >= 15 is 0 Å². The van der Waals surface area contributed by atoms with E-state index in [0.29, 0.717) is 5.75 Å². The fourth-order valence-corrected chi connectivity index (χ4v) is 2.33. The molecule has 0 aliphatic heterocycles. The third kappa shape index (κ3) is 4.38. The van der Waals surface area contributed by atoms with Crippen molar-refractivity contribution in [2.24, 2.45) is 0 Å². The smallest absolute Gasteiger partial charge is 0.266 e. The van der Waals surface area contributed by atoms with E-state index in [0.717, 1.165) is 0 Å². The molecule has 0 unspecified atom stereocenters. The molecule has 108 valence electrons. The van der Waals surface area contributed by atoms with Gasteiger partial charge in [0.2, 0.25) is 0 Å². The van der Waals surface area contributed by atoms with Crippen molar-refractivity contribution >= 4 is 10.0 Å². The Hall–Kier alpha value is -1.31. The first-order valence-corrected chi connectivity index (χ1v) is 7.10. The Morgan fingerprint density at radius 3 is 2.21 bits per heavy atom. The summed E-state index contributed by atoms with van der Waals surface area (Å²) < 4.78 is 34.3. The van der Waals surface area contributed by atoms with Crippen molar-refractivity contribution in [1.29, 1.82) is 0 Å². The molecule has 1 N–H and O–H groups in total. The van der Waals surface area contributed by atoms with Crippen molar-refractivity contribution in [3.8, 4) is 11.5 Å². The highest BCUT2D eigenvalue weighted by Gasteiger charge is 2.23. The van der Waals surface area contributed by atoms with Gasteiger partial charge in [-0.25, -0.2) is 8.42 Å². The SMILES string of the molecule is COc1ccc(S(=O)(=O)NOC(C)(C)C)c(OC)c1. The average molecular weight is 289 g/mol. The van der Waals surface area contributed by atoms with E-state index in [-0.39, 0.29) is 10.6 Å². The van der Waals surface area contributed by atoms with E-state index in [1.54, 1.807) is 20.8 Å². The quantitative estimate of drug-likeness (QED) is 0.835. The van der Waals surface area contributed by atoms with Crippen molar-refractivity contribution in [2.75, 3.05) is 14.2 Å². The Bertz CT molecular complexity index is 534. The van der Waals surface area contributed by atoms with E-state index in [9.17, 15) is 8.42 Å². The number of hydrogen-bond donors (Lipinski definition) is 1. The molecule has 1 aromatic rings. The maximum atomic E-state index is 12.1. The lowest BCUT2D eigenvalue weighted by Gasteiger charge is -2.19. The predicted octanol–water partition coefficient (Wildman–Crippen LogP) is 1.71. The first kappa shape index (κ1) is 15.7. The van der Waals surface area contributed by atoms with Crippen LogP contribution in [0.2, 0.25) is 0 Å². The van der Waals surface area contributed by atoms with Crippen LogP contribution >= 0.6 is 0 Å². The lowest BCUT2D eigenvalue weighted by molar-refractivity contribution is -0.0358. The molecule has 0 heterocycles. The normalized spacial score (nSPS) is 12.3. The molecular weight excluding hydrogens is 270 g/mol. The Morgan fingerprint density at radius 1 is 1.11 bits per heavy atom. The summed E-state index contributed by atoms with van der Waals surface area (Å²) in [7, 11) is -0.937. The topological polar surface area (TPSA) is 73.9 Å². The van der Waals surface area contributed by atoms with Gasteiger partial charge in [-0.3, -0.25) is 4.84 Å². The van der Waals surface area contributed by atoms with E-state index < -0.39 is 15.6 Å². The highest BCUT2D eigenvalue weighted by atomic mass is 32.2.